The summed E-state index contributed by atoms with van der Waals surface area (Å²) in [5.74, 6) is -3.65. The number of carbonyl (C=O) groups is 5. The second-order valence-corrected chi connectivity index (χ2v) is 8.10. The van der Waals surface area contributed by atoms with E-state index in [4.69, 9.17) is 9.31 Å². The van der Waals surface area contributed by atoms with E-state index in [1.807, 2.05) is 13.8 Å². The van der Waals surface area contributed by atoms with Gasteiger partial charge in [0.05, 0.1) is 18.0 Å². The normalized spacial score (nSPS) is 15.8. The van der Waals surface area contributed by atoms with Crippen molar-refractivity contribution in [2.45, 2.75) is 51.6 Å². The minimum atomic E-state index is -1.72. The van der Waals surface area contributed by atoms with Crippen molar-refractivity contribution in [1.29, 1.82) is 0 Å². The second kappa shape index (κ2) is 11.0. The Kier molecular flexibility index (Phi) is 8.65. The van der Waals surface area contributed by atoms with Crippen LogP contribution in [0.15, 0.2) is 18.2 Å². The van der Waals surface area contributed by atoms with Crippen molar-refractivity contribution in [3.8, 4) is 0 Å². The first-order valence-electron chi connectivity index (χ1n) is 10.2. The predicted molar refractivity (Wildman–Crippen MR) is 112 cm³/mol. The largest absolute Gasteiger partial charge is 0.552 e. The molecule has 1 heterocycles. The Balaban J connectivity index is 2.05. The number of aldehydes is 2. The Morgan fingerprint density at radius 2 is 1.88 bits per heavy atom. The maximum Gasteiger partial charge on any atom is 0.552 e. The van der Waals surface area contributed by atoms with E-state index in [-0.39, 0.29) is 24.3 Å². The molecule has 0 radical (unpaired) electrons. The van der Waals surface area contributed by atoms with E-state index in [9.17, 15) is 28.4 Å². The lowest BCUT2D eigenvalue weighted by Crippen LogP contribution is -2.51. The standard InChI is InChI=1S/C21H26BFN2O7/c1-13(2)10-17(22-31-20(30)21(32-22,6-8-26)7-9-27)25-18(28)12-24-19(29)15-11-14(3)4-5-16(15)23/h4-5,8-9,11,13,17H,6-7,10,12H2,1-3H3,(H,24,29)(H,25,28)/t17-/m0/s1. The van der Waals surface area contributed by atoms with Gasteiger partial charge in [0.2, 0.25) is 5.91 Å². The molecule has 2 N–H and O–H groups in total. The van der Waals surface area contributed by atoms with Crippen LogP contribution in [-0.2, 0) is 28.5 Å². The molecule has 0 unspecified atom stereocenters. The number of amides is 2. The lowest BCUT2D eigenvalue weighted by Gasteiger charge is -2.24. The molecule has 32 heavy (non-hydrogen) atoms. The third-order valence-electron chi connectivity index (χ3n) is 4.94. The van der Waals surface area contributed by atoms with Gasteiger partial charge in [-0.3, -0.25) is 14.4 Å². The zero-order valence-electron chi connectivity index (χ0n) is 18.2. The summed E-state index contributed by atoms with van der Waals surface area (Å²) in [4.78, 5) is 59.0. The smallest absolute Gasteiger partial charge is 0.506 e. The summed E-state index contributed by atoms with van der Waals surface area (Å²) in [6, 6.07) is 4.06. The number of nitrogens with one attached hydrogen (secondary N) is 2. The Labute approximate surface area is 185 Å². The monoisotopic (exact) mass is 448 g/mol. The van der Waals surface area contributed by atoms with Gasteiger partial charge in [-0.1, -0.05) is 25.5 Å². The molecule has 0 saturated carbocycles. The van der Waals surface area contributed by atoms with Gasteiger partial charge in [-0.2, -0.15) is 0 Å². The van der Waals surface area contributed by atoms with Crippen molar-refractivity contribution in [1.82, 2.24) is 10.6 Å². The highest BCUT2D eigenvalue weighted by Gasteiger charge is 2.55. The molecule has 1 aromatic carbocycles. The van der Waals surface area contributed by atoms with Gasteiger partial charge in [0.15, 0.2) is 5.60 Å². The molecule has 0 spiro atoms. The van der Waals surface area contributed by atoms with Gasteiger partial charge in [-0.25, -0.2) is 4.39 Å². The fourth-order valence-electron chi connectivity index (χ4n) is 3.36. The van der Waals surface area contributed by atoms with Gasteiger partial charge in [0, 0.05) is 12.8 Å². The van der Waals surface area contributed by atoms with E-state index in [1.165, 1.54) is 18.2 Å². The molecule has 0 aliphatic carbocycles. The van der Waals surface area contributed by atoms with E-state index in [0.717, 1.165) is 0 Å². The number of hydrogen-bond acceptors (Lipinski definition) is 7. The molecule has 1 saturated heterocycles. The van der Waals surface area contributed by atoms with Crippen LogP contribution in [-0.4, -0.2) is 55.6 Å². The minimum Gasteiger partial charge on any atom is -0.506 e. The molecule has 1 aliphatic heterocycles. The quantitative estimate of drug-likeness (QED) is 0.381. The number of hydrogen-bond donors (Lipinski definition) is 2. The molecular weight excluding hydrogens is 422 g/mol. The maximum atomic E-state index is 13.9. The van der Waals surface area contributed by atoms with Crippen LogP contribution in [0.25, 0.3) is 0 Å². The summed E-state index contributed by atoms with van der Waals surface area (Å²) in [5.41, 5.74) is -1.21. The van der Waals surface area contributed by atoms with Gasteiger partial charge in [0.25, 0.3) is 5.91 Å². The minimum absolute atomic E-state index is 0.0609. The van der Waals surface area contributed by atoms with Crippen molar-refractivity contribution in [2.24, 2.45) is 5.92 Å². The number of aryl methyl sites for hydroxylation is 1. The molecular formula is C21H26BFN2O7. The van der Waals surface area contributed by atoms with Crippen LogP contribution >= 0.6 is 0 Å². The van der Waals surface area contributed by atoms with E-state index < -0.39 is 48.8 Å². The van der Waals surface area contributed by atoms with Gasteiger partial charge >= 0.3 is 13.1 Å². The zero-order valence-corrected chi connectivity index (χ0v) is 18.2. The highest BCUT2D eigenvalue weighted by Crippen LogP contribution is 2.30. The summed E-state index contributed by atoms with van der Waals surface area (Å²) in [6.45, 7) is 5.01. The van der Waals surface area contributed by atoms with Gasteiger partial charge in [-0.05, 0) is 31.4 Å². The third-order valence-corrected chi connectivity index (χ3v) is 4.94. The van der Waals surface area contributed by atoms with Crippen molar-refractivity contribution in [3.63, 3.8) is 0 Å². The Bertz CT molecular complexity index is 883. The van der Waals surface area contributed by atoms with Crippen molar-refractivity contribution in [2.75, 3.05) is 6.54 Å². The average molecular weight is 448 g/mol. The summed E-state index contributed by atoms with van der Waals surface area (Å²) in [5, 5.41) is 4.99. The van der Waals surface area contributed by atoms with Crippen LogP contribution in [0.5, 0.6) is 0 Å². The fraction of sp³-hybridized carbons (Fsp3) is 0.476. The molecule has 1 fully saturated rings. The highest BCUT2D eigenvalue weighted by atomic mass is 19.1. The highest BCUT2D eigenvalue weighted by molar-refractivity contribution is 6.51. The van der Waals surface area contributed by atoms with Gasteiger partial charge < -0.3 is 29.5 Å². The number of carbonyl (C=O) groups excluding carboxylic acids is 5. The molecule has 2 rings (SSSR count). The Hall–Kier alpha value is -3.08. The second-order valence-electron chi connectivity index (χ2n) is 8.10. The van der Waals surface area contributed by atoms with Crippen molar-refractivity contribution in [3.05, 3.63) is 35.1 Å². The molecule has 0 bridgehead atoms. The molecule has 172 valence electrons. The van der Waals surface area contributed by atoms with Crippen molar-refractivity contribution < 1.29 is 37.7 Å². The summed E-state index contributed by atoms with van der Waals surface area (Å²) >= 11 is 0. The van der Waals surface area contributed by atoms with E-state index >= 15 is 0 Å². The van der Waals surface area contributed by atoms with Crippen LogP contribution in [0.2, 0.25) is 0 Å². The first kappa shape index (κ1) is 25.2. The van der Waals surface area contributed by atoms with Crippen LogP contribution in [0.3, 0.4) is 0 Å². The third kappa shape index (κ3) is 6.22. The lowest BCUT2D eigenvalue weighted by molar-refractivity contribution is -0.146. The van der Waals surface area contributed by atoms with E-state index in [0.29, 0.717) is 24.6 Å². The van der Waals surface area contributed by atoms with Crippen molar-refractivity contribution >= 4 is 37.5 Å². The Morgan fingerprint density at radius 1 is 1.22 bits per heavy atom. The summed E-state index contributed by atoms with van der Waals surface area (Å²) in [6.07, 6.45) is 0.553. The number of rotatable bonds is 11. The van der Waals surface area contributed by atoms with Crippen LogP contribution in [0.1, 0.15) is 49.0 Å². The summed E-state index contributed by atoms with van der Waals surface area (Å²) in [7, 11) is -1.21. The van der Waals surface area contributed by atoms with Gasteiger partial charge in [-0.15, -0.1) is 0 Å². The topological polar surface area (TPSA) is 128 Å². The predicted octanol–water partition coefficient (Wildman–Crippen LogP) is 0.912. The fourth-order valence-corrected chi connectivity index (χ4v) is 3.36. The molecule has 1 aliphatic rings. The number of halogens is 1. The van der Waals surface area contributed by atoms with Crippen LogP contribution < -0.4 is 10.6 Å². The maximum absolute atomic E-state index is 13.9. The molecule has 2 amide bonds. The van der Waals surface area contributed by atoms with E-state index in [2.05, 4.69) is 10.6 Å². The molecule has 9 nitrogen and oxygen atoms in total. The van der Waals surface area contributed by atoms with E-state index in [1.54, 1.807) is 6.92 Å². The first-order chi connectivity index (χ1) is 15.1. The number of benzene rings is 1. The van der Waals surface area contributed by atoms with Gasteiger partial charge in [0.1, 0.15) is 18.4 Å². The SMILES string of the molecule is Cc1ccc(F)c(C(=O)NCC(=O)N[C@@H](CC(C)C)B2OC(=O)C(CC=O)(CC=O)O2)c1. The molecule has 11 heteroatoms. The lowest BCUT2D eigenvalue weighted by atomic mass is 9.74. The summed E-state index contributed by atoms with van der Waals surface area (Å²) < 4.78 is 24.7. The zero-order chi connectivity index (χ0) is 23.9. The molecule has 1 atom stereocenters. The molecule has 0 aromatic heterocycles. The average Bonchev–Trinajstić information content (AvgIpc) is 3.04. The van der Waals surface area contributed by atoms with Crippen LogP contribution in [0.4, 0.5) is 4.39 Å². The van der Waals surface area contributed by atoms with Crippen LogP contribution in [0, 0.1) is 18.7 Å². The molecule has 1 aromatic rings. The Morgan fingerprint density at radius 3 is 2.47 bits per heavy atom. The first-order valence-corrected chi connectivity index (χ1v) is 10.2.